The van der Waals surface area contributed by atoms with E-state index in [0.717, 1.165) is 0 Å². The third-order valence-corrected chi connectivity index (χ3v) is 1.77. The molecule has 0 amide bonds. The van der Waals surface area contributed by atoms with Crippen LogP contribution in [0.4, 0.5) is 5.69 Å². The van der Waals surface area contributed by atoms with Crippen LogP contribution in [0.1, 0.15) is 0 Å². The summed E-state index contributed by atoms with van der Waals surface area (Å²) in [6, 6.07) is 2.64. The van der Waals surface area contributed by atoms with Crippen LogP contribution < -0.4 is 4.74 Å². The number of rotatable bonds is 2. The van der Waals surface area contributed by atoms with Crippen molar-refractivity contribution in [2.24, 2.45) is 0 Å². The summed E-state index contributed by atoms with van der Waals surface area (Å²) in [5.41, 5.74) is -0.519. The van der Waals surface area contributed by atoms with E-state index >= 15 is 0 Å². The van der Waals surface area contributed by atoms with E-state index in [4.69, 9.17) is 11.6 Å². The summed E-state index contributed by atoms with van der Waals surface area (Å²) in [4.78, 5) is 9.71. The second kappa shape index (κ2) is 3.49. The molecule has 0 aliphatic carbocycles. The molecule has 1 aromatic rings. The Bertz CT molecular complexity index is 353. The van der Waals surface area contributed by atoms with Crippen molar-refractivity contribution in [3.05, 3.63) is 27.3 Å². The highest BCUT2D eigenvalue weighted by atomic mass is 35.5. The normalized spacial score (nSPS) is 9.69. The topological polar surface area (TPSA) is 72.6 Å². The second-order valence-electron chi connectivity index (χ2n) is 2.20. The number of nitrogens with zero attached hydrogens (tertiary/aromatic N) is 1. The fourth-order valence-corrected chi connectivity index (χ4v) is 1.03. The SMILES string of the molecule is COc1ccc(Cl)c(O)c1[N+](=O)[O-]. The average Bonchev–Trinajstić information content (AvgIpc) is 2.08. The number of hydrogen-bond donors (Lipinski definition) is 1. The molecule has 0 aliphatic rings. The highest BCUT2D eigenvalue weighted by Gasteiger charge is 2.22. The number of ether oxygens (including phenoxy) is 1. The molecular weight excluding hydrogens is 198 g/mol. The minimum atomic E-state index is -0.750. The minimum Gasteiger partial charge on any atom is -0.501 e. The van der Waals surface area contributed by atoms with Gasteiger partial charge in [-0.25, -0.2) is 0 Å². The van der Waals surface area contributed by atoms with Crippen molar-refractivity contribution in [2.75, 3.05) is 7.11 Å². The number of nitro groups is 1. The van der Waals surface area contributed by atoms with Crippen molar-refractivity contribution in [1.29, 1.82) is 0 Å². The Morgan fingerprint density at radius 1 is 1.62 bits per heavy atom. The number of phenols is 1. The lowest BCUT2D eigenvalue weighted by atomic mass is 10.2. The quantitative estimate of drug-likeness (QED) is 0.589. The van der Waals surface area contributed by atoms with Crippen LogP contribution in [0.2, 0.25) is 5.02 Å². The van der Waals surface area contributed by atoms with E-state index in [1.807, 2.05) is 0 Å². The third kappa shape index (κ3) is 1.65. The fraction of sp³-hybridized carbons (Fsp3) is 0.143. The van der Waals surface area contributed by atoms with Crippen LogP contribution in [0.5, 0.6) is 11.5 Å². The number of phenolic OH excluding ortho intramolecular Hbond substituents is 1. The van der Waals surface area contributed by atoms with Gasteiger partial charge in [-0.3, -0.25) is 10.1 Å². The molecule has 0 spiro atoms. The van der Waals surface area contributed by atoms with Gasteiger partial charge in [-0.2, -0.15) is 0 Å². The molecule has 0 radical (unpaired) electrons. The van der Waals surface area contributed by atoms with Gasteiger partial charge in [0.1, 0.15) is 0 Å². The molecule has 5 nitrogen and oxygen atoms in total. The maximum Gasteiger partial charge on any atom is 0.353 e. The molecule has 1 N–H and O–H groups in total. The van der Waals surface area contributed by atoms with Crippen LogP contribution in [0.25, 0.3) is 0 Å². The van der Waals surface area contributed by atoms with Crippen molar-refractivity contribution in [2.45, 2.75) is 0 Å². The van der Waals surface area contributed by atoms with Crippen molar-refractivity contribution in [1.82, 2.24) is 0 Å². The van der Waals surface area contributed by atoms with E-state index in [9.17, 15) is 15.2 Å². The molecule has 0 atom stereocenters. The van der Waals surface area contributed by atoms with Crippen LogP contribution in [0, 0.1) is 10.1 Å². The Kier molecular flexibility index (Phi) is 2.57. The molecular formula is C7H6ClNO4. The van der Waals surface area contributed by atoms with Gasteiger partial charge < -0.3 is 9.84 Å². The van der Waals surface area contributed by atoms with E-state index in [2.05, 4.69) is 4.74 Å². The van der Waals surface area contributed by atoms with Crippen LogP contribution >= 0.6 is 11.6 Å². The molecule has 0 bridgehead atoms. The second-order valence-corrected chi connectivity index (χ2v) is 2.61. The lowest BCUT2D eigenvalue weighted by Crippen LogP contribution is -1.94. The first-order valence-electron chi connectivity index (χ1n) is 3.27. The number of hydrogen-bond acceptors (Lipinski definition) is 4. The largest absolute Gasteiger partial charge is 0.501 e. The van der Waals surface area contributed by atoms with Crippen molar-refractivity contribution < 1.29 is 14.8 Å². The number of benzene rings is 1. The molecule has 0 aromatic heterocycles. The Morgan fingerprint density at radius 2 is 2.23 bits per heavy atom. The molecule has 13 heavy (non-hydrogen) atoms. The smallest absolute Gasteiger partial charge is 0.353 e. The Balaban J connectivity index is 3.41. The van der Waals surface area contributed by atoms with Gasteiger partial charge in [-0.05, 0) is 12.1 Å². The molecule has 0 saturated heterocycles. The van der Waals surface area contributed by atoms with Gasteiger partial charge >= 0.3 is 5.69 Å². The van der Waals surface area contributed by atoms with Crippen LogP contribution in [-0.4, -0.2) is 17.1 Å². The zero-order valence-electron chi connectivity index (χ0n) is 6.65. The van der Waals surface area contributed by atoms with E-state index in [1.165, 1.54) is 19.2 Å². The van der Waals surface area contributed by atoms with Crippen LogP contribution in [0.15, 0.2) is 12.1 Å². The molecule has 0 aliphatic heterocycles. The zero-order valence-corrected chi connectivity index (χ0v) is 7.41. The van der Waals surface area contributed by atoms with Crippen LogP contribution in [-0.2, 0) is 0 Å². The molecule has 0 fully saturated rings. The predicted octanol–water partition coefficient (Wildman–Crippen LogP) is 1.96. The standard InChI is InChI=1S/C7H6ClNO4/c1-13-5-3-2-4(8)7(10)6(5)9(11)12/h2-3,10H,1H3. The summed E-state index contributed by atoms with van der Waals surface area (Å²) >= 11 is 5.48. The fourth-order valence-electron chi connectivity index (χ4n) is 0.878. The van der Waals surface area contributed by atoms with Crippen molar-refractivity contribution >= 4 is 17.3 Å². The number of halogens is 1. The van der Waals surface area contributed by atoms with Crippen molar-refractivity contribution in [3.8, 4) is 11.5 Å². The maximum absolute atomic E-state index is 10.5. The van der Waals surface area contributed by atoms with Gasteiger partial charge in [0.25, 0.3) is 0 Å². The van der Waals surface area contributed by atoms with Gasteiger partial charge in [0.15, 0.2) is 0 Å². The third-order valence-electron chi connectivity index (χ3n) is 1.47. The number of aromatic hydroxyl groups is 1. The van der Waals surface area contributed by atoms with E-state index < -0.39 is 16.4 Å². The van der Waals surface area contributed by atoms with Crippen molar-refractivity contribution in [3.63, 3.8) is 0 Å². The van der Waals surface area contributed by atoms with E-state index in [0.29, 0.717) is 0 Å². The first-order chi connectivity index (χ1) is 6.07. The van der Waals surface area contributed by atoms with Crippen LogP contribution in [0.3, 0.4) is 0 Å². The lowest BCUT2D eigenvalue weighted by molar-refractivity contribution is -0.386. The van der Waals surface area contributed by atoms with Gasteiger partial charge in [0, 0.05) is 0 Å². The maximum atomic E-state index is 10.5. The molecule has 70 valence electrons. The summed E-state index contributed by atoms with van der Waals surface area (Å²) in [7, 11) is 1.27. The van der Waals surface area contributed by atoms with Gasteiger partial charge in [0.05, 0.1) is 17.1 Å². The predicted molar refractivity (Wildman–Crippen MR) is 46.3 cm³/mol. The summed E-state index contributed by atoms with van der Waals surface area (Å²) in [5, 5.41) is 19.6. The lowest BCUT2D eigenvalue weighted by Gasteiger charge is -2.03. The highest BCUT2D eigenvalue weighted by molar-refractivity contribution is 6.32. The van der Waals surface area contributed by atoms with E-state index in [-0.39, 0.29) is 10.8 Å². The summed E-state index contributed by atoms with van der Waals surface area (Å²) < 4.78 is 4.68. The monoisotopic (exact) mass is 203 g/mol. The highest BCUT2D eigenvalue weighted by Crippen LogP contribution is 2.40. The molecule has 1 aromatic carbocycles. The van der Waals surface area contributed by atoms with Gasteiger partial charge in [0.2, 0.25) is 11.5 Å². The summed E-state index contributed by atoms with van der Waals surface area (Å²) in [5.74, 6) is -0.599. The molecule has 6 heteroatoms. The van der Waals surface area contributed by atoms with Gasteiger partial charge in [-0.15, -0.1) is 0 Å². The Labute approximate surface area is 78.7 Å². The average molecular weight is 204 g/mol. The molecule has 0 unspecified atom stereocenters. The minimum absolute atomic E-state index is 0.0214. The first kappa shape index (κ1) is 9.60. The molecule has 1 rings (SSSR count). The van der Waals surface area contributed by atoms with E-state index in [1.54, 1.807) is 0 Å². The molecule has 0 heterocycles. The Morgan fingerprint density at radius 3 is 2.69 bits per heavy atom. The number of nitro benzene ring substituents is 1. The summed E-state index contributed by atoms with van der Waals surface area (Å²) in [6.07, 6.45) is 0. The Hall–Kier alpha value is -1.49. The zero-order chi connectivity index (χ0) is 10.0. The molecule has 0 saturated carbocycles. The first-order valence-corrected chi connectivity index (χ1v) is 3.65. The summed E-state index contributed by atoms with van der Waals surface area (Å²) in [6.45, 7) is 0. The number of methoxy groups -OCH3 is 1. The van der Waals surface area contributed by atoms with Gasteiger partial charge in [-0.1, -0.05) is 11.6 Å².